The Balaban J connectivity index is 1.74. The number of benzene rings is 2. The highest BCUT2D eigenvalue weighted by atomic mass is 32.2. The summed E-state index contributed by atoms with van der Waals surface area (Å²) in [5, 5.41) is 0. The molecule has 2 aromatic rings. The molecule has 0 fully saturated rings. The second kappa shape index (κ2) is 7.25. The molecule has 2 rings (SSSR count). The van der Waals surface area contributed by atoms with Gasteiger partial charge in [0.25, 0.3) is 0 Å². The summed E-state index contributed by atoms with van der Waals surface area (Å²) in [6, 6.07) is 18.8. The fraction of sp³-hybridized carbons (Fsp3) is 0.294. The molecule has 0 amide bonds. The predicted octanol–water partition coefficient (Wildman–Crippen LogP) is 4.98. The first-order valence-corrected chi connectivity index (χ1v) is 7.65. The van der Waals surface area contributed by atoms with Gasteiger partial charge in [0.15, 0.2) is 0 Å². The molecule has 0 aliphatic heterocycles. The van der Waals surface area contributed by atoms with Crippen molar-refractivity contribution < 1.29 is 4.74 Å². The number of thioether (sulfide) groups is 1. The molecular formula is C17H20OS. The van der Waals surface area contributed by atoms with Gasteiger partial charge in [0.05, 0.1) is 6.61 Å². The van der Waals surface area contributed by atoms with E-state index in [2.05, 4.69) is 62.4 Å². The zero-order valence-electron chi connectivity index (χ0n) is 11.5. The predicted molar refractivity (Wildman–Crippen MR) is 83.2 cm³/mol. The molecule has 0 atom stereocenters. The van der Waals surface area contributed by atoms with Gasteiger partial charge in [-0.25, -0.2) is 0 Å². The van der Waals surface area contributed by atoms with Crippen LogP contribution in [-0.2, 0) is 0 Å². The highest BCUT2D eigenvalue weighted by molar-refractivity contribution is 7.99. The molecule has 0 radical (unpaired) electrons. The van der Waals surface area contributed by atoms with Crippen molar-refractivity contribution in [3.8, 4) is 5.75 Å². The van der Waals surface area contributed by atoms with Crippen molar-refractivity contribution in [2.75, 3.05) is 12.4 Å². The maximum atomic E-state index is 5.74. The smallest absolute Gasteiger partial charge is 0.119 e. The minimum Gasteiger partial charge on any atom is -0.493 e. The Bertz CT molecular complexity index is 476. The Hall–Kier alpha value is -1.41. The van der Waals surface area contributed by atoms with Gasteiger partial charge < -0.3 is 4.74 Å². The van der Waals surface area contributed by atoms with Crippen LogP contribution in [0.2, 0.25) is 0 Å². The van der Waals surface area contributed by atoms with Crippen molar-refractivity contribution in [2.45, 2.75) is 24.7 Å². The fourth-order valence-corrected chi connectivity index (χ4v) is 2.54. The lowest BCUT2D eigenvalue weighted by atomic mass is 10.0. The highest BCUT2D eigenvalue weighted by Crippen LogP contribution is 2.20. The van der Waals surface area contributed by atoms with Gasteiger partial charge in [-0.05, 0) is 35.7 Å². The van der Waals surface area contributed by atoms with E-state index in [4.69, 9.17) is 4.74 Å². The van der Waals surface area contributed by atoms with Gasteiger partial charge >= 0.3 is 0 Å². The van der Waals surface area contributed by atoms with Crippen LogP contribution in [0.4, 0.5) is 0 Å². The SMILES string of the molecule is CC(C)c1ccc(OCCSc2ccccc2)cc1. The van der Waals surface area contributed by atoms with E-state index in [-0.39, 0.29) is 0 Å². The van der Waals surface area contributed by atoms with E-state index in [0.29, 0.717) is 5.92 Å². The van der Waals surface area contributed by atoms with Gasteiger partial charge in [-0.2, -0.15) is 0 Å². The molecule has 0 saturated heterocycles. The summed E-state index contributed by atoms with van der Waals surface area (Å²) in [4.78, 5) is 1.29. The number of rotatable bonds is 6. The fourth-order valence-electron chi connectivity index (χ4n) is 1.78. The Labute approximate surface area is 120 Å². The normalized spacial score (nSPS) is 10.7. The second-order valence-electron chi connectivity index (χ2n) is 4.73. The Morgan fingerprint density at radius 2 is 1.63 bits per heavy atom. The highest BCUT2D eigenvalue weighted by Gasteiger charge is 1.99. The second-order valence-corrected chi connectivity index (χ2v) is 5.90. The summed E-state index contributed by atoms with van der Waals surface area (Å²) >= 11 is 1.82. The average molecular weight is 272 g/mol. The zero-order chi connectivity index (χ0) is 13.5. The molecule has 0 aromatic heterocycles. The van der Waals surface area contributed by atoms with Crippen LogP contribution in [0.3, 0.4) is 0 Å². The quantitative estimate of drug-likeness (QED) is 0.541. The van der Waals surface area contributed by atoms with E-state index in [1.807, 2.05) is 17.8 Å². The maximum Gasteiger partial charge on any atom is 0.119 e. The van der Waals surface area contributed by atoms with E-state index in [1.54, 1.807) is 0 Å². The lowest BCUT2D eigenvalue weighted by molar-refractivity contribution is 0.344. The van der Waals surface area contributed by atoms with E-state index < -0.39 is 0 Å². The Morgan fingerprint density at radius 1 is 0.947 bits per heavy atom. The Kier molecular flexibility index (Phi) is 5.34. The summed E-state index contributed by atoms with van der Waals surface area (Å²) < 4.78 is 5.74. The number of hydrogen-bond acceptors (Lipinski definition) is 2. The van der Waals surface area contributed by atoms with Crippen molar-refractivity contribution >= 4 is 11.8 Å². The third-order valence-electron chi connectivity index (χ3n) is 2.91. The molecular weight excluding hydrogens is 252 g/mol. The summed E-state index contributed by atoms with van der Waals surface area (Å²) in [5.41, 5.74) is 1.35. The van der Waals surface area contributed by atoms with Gasteiger partial charge in [0, 0.05) is 10.6 Å². The van der Waals surface area contributed by atoms with Gasteiger partial charge in [-0.15, -0.1) is 11.8 Å². The van der Waals surface area contributed by atoms with Crippen LogP contribution >= 0.6 is 11.8 Å². The first-order valence-electron chi connectivity index (χ1n) is 6.66. The van der Waals surface area contributed by atoms with E-state index >= 15 is 0 Å². The molecule has 19 heavy (non-hydrogen) atoms. The van der Waals surface area contributed by atoms with Gasteiger partial charge in [-0.1, -0.05) is 44.2 Å². The minimum atomic E-state index is 0.572. The van der Waals surface area contributed by atoms with Crippen LogP contribution < -0.4 is 4.74 Å². The molecule has 2 heteroatoms. The van der Waals surface area contributed by atoms with Crippen molar-refractivity contribution in [1.29, 1.82) is 0 Å². The molecule has 0 unspecified atom stereocenters. The average Bonchev–Trinajstić information content (AvgIpc) is 2.45. The standard InChI is InChI=1S/C17H20OS/c1-14(2)15-8-10-16(11-9-15)18-12-13-19-17-6-4-3-5-7-17/h3-11,14H,12-13H2,1-2H3. The van der Waals surface area contributed by atoms with Crippen LogP contribution in [0.1, 0.15) is 25.3 Å². The first-order chi connectivity index (χ1) is 9.25. The summed E-state index contributed by atoms with van der Waals surface area (Å²) in [6.45, 7) is 5.14. The molecule has 2 aromatic carbocycles. The van der Waals surface area contributed by atoms with Crippen molar-refractivity contribution in [3.05, 3.63) is 60.2 Å². The molecule has 0 saturated carbocycles. The van der Waals surface area contributed by atoms with Crippen LogP contribution in [0.5, 0.6) is 5.75 Å². The topological polar surface area (TPSA) is 9.23 Å². The molecule has 0 aliphatic rings. The third-order valence-corrected chi connectivity index (χ3v) is 3.89. The van der Waals surface area contributed by atoms with E-state index in [9.17, 15) is 0 Å². The molecule has 0 heterocycles. The molecule has 100 valence electrons. The van der Waals surface area contributed by atoms with Crippen LogP contribution in [0.25, 0.3) is 0 Å². The largest absolute Gasteiger partial charge is 0.493 e. The summed E-state index contributed by atoms with van der Waals surface area (Å²) in [5.74, 6) is 2.50. The van der Waals surface area contributed by atoms with Crippen LogP contribution in [-0.4, -0.2) is 12.4 Å². The van der Waals surface area contributed by atoms with E-state index in [0.717, 1.165) is 18.1 Å². The summed E-state index contributed by atoms with van der Waals surface area (Å²) in [7, 11) is 0. The first kappa shape index (κ1) is 14.0. The lowest BCUT2D eigenvalue weighted by Gasteiger charge is -2.08. The molecule has 0 spiro atoms. The third kappa shape index (κ3) is 4.64. The van der Waals surface area contributed by atoms with Crippen LogP contribution in [0, 0.1) is 0 Å². The molecule has 0 N–H and O–H groups in total. The van der Waals surface area contributed by atoms with Gasteiger partial charge in [0.2, 0.25) is 0 Å². The van der Waals surface area contributed by atoms with Crippen molar-refractivity contribution in [2.24, 2.45) is 0 Å². The van der Waals surface area contributed by atoms with Crippen molar-refractivity contribution in [3.63, 3.8) is 0 Å². The molecule has 1 nitrogen and oxygen atoms in total. The molecule has 0 aliphatic carbocycles. The maximum absolute atomic E-state index is 5.74. The molecule has 0 bridgehead atoms. The zero-order valence-corrected chi connectivity index (χ0v) is 12.3. The van der Waals surface area contributed by atoms with Crippen LogP contribution in [0.15, 0.2) is 59.5 Å². The Morgan fingerprint density at radius 3 is 2.26 bits per heavy atom. The summed E-state index contributed by atoms with van der Waals surface area (Å²) in [6.07, 6.45) is 0. The monoisotopic (exact) mass is 272 g/mol. The lowest BCUT2D eigenvalue weighted by Crippen LogP contribution is -2.00. The van der Waals surface area contributed by atoms with Gasteiger partial charge in [0.1, 0.15) is 5.75 Å². The minimum absolute atomic E-state index is 0.572. The van der Waals surface area contributed by atoms with E-state index in [1.165, 1.54) is 10.5 Å². The number of ether oxygens (including phenoxy) is 1. The van der Waals surface area contributed by atoms with Gasteiger partial charge in [-0.3, -0.25) is 0 Å². The van der Waals surface area contributed by atoms with Crippen molar-refractivity contribution in [1.82, 2.24) is 0 Å². The number of hydrogen-bond donors (Lipinski definition) is 0.